The molecule has 3 nitrogen and oxygen atoms in total. The number of hydrogen-bond acceptors (Lipinski definition) is 2. The molecule has 0 aliphatic carbocycles. The van der Waals surface area contributed by atoms with Crippen molar-refractivity contribution in [1.29, 1.82) is 0 Å². The van der Waals surface area contributed by atoms with Gasteiger partial charge in [-0.25, -0.2) is 0 Å². The van der Waals surface area contributed by atoms with E-state index in [9.17, 15) is 4.79 Å². The number of halogens is 1. The van der Waals surface area contributed by atoms with Crippen molar-refractivity contribution in [3.63, 3.8) is 0 Å². The van der Waals surface area contributed by atoms with E-state index in [1.165, 1.54) is 0 Å². The zero-order valence-corrected chi connectivity index (χ0v) is 8.70. The maximum absolute atomic E-state index is 11.2. The minimum absolute atomic E-state index is 0. The minimum atomic E-state index is 0. The SMILES string of the molecule is CN1CC(C)(C)CNCC1=O.Cl. The van der Waals surface area contributed by atoms with Crippen LogP contribution in [0.1, 0.15) is 13.8 Å². The molecule has 1 saturated heterocycles. The van der Waals surface area contributed by atoms with Crippen molar-refractivity contribution in [2.75, 3.05) is 26.7 Å². The van der Waals surface area contributed by atoms with Crippen LogP contribution in [-0.4, -0.2) is 37.5 Å². The number of hydrogen-bond donors (Lipinski definition) is 1. The van der Waals surface area contributed by atoms with E-state index < -0.39 is 0 Å². The summed E-state index contributed by atoms with van der Waals surface area (Å²) in [7, 11) is 1.86. The molecule has 1 amide bonds. The van der Waals surface area contributed by atoms with Crippen LogP contribution in [0.15, 0.2) is 0 Å². The van der Waals surface area contributed by atoms with Crippen LogP contribution in [0.25, 0.3) is 0 Å². The third-order valence-electron chi connectivity index (χ3n) is 1.97. The van der Waals surface area contributed by atoms with E-state index >= 15 is 0 Å². The molecule has 0 atom stereocenters. The van der Waals surface area contributed by atoms with Crippen molar-refractivity contribution in [2.24, 2.45) is 5.41 Å². The van der Waals surface area contributed by atoms with Gasteiger partial charge in [0.15, 0.2) is 0 Å². The number of nitrogens with zero attached hydrogens (tertiary/aromatic N) is 1. The lowest BCUT2D eigenvalue weighted by Gasteiger charge is -2.25. The summed E-state index contributed by atoms with van der Waals surface area (Å²) in [5.41, 5.74) is 0.209. The maximum Gasteiger partial charge on any atom is 0.236 e. The third kappa shape index (κ3) is 2.99. The number of likely N-dealkylation sites (N-methyl/N-ethyl adjacent to an activating group) is 1. The van der Waals surface area contributed by atoms with Gasteiger partial charge in [-0.3, -0.25) is 4.79 Å². The first kappa shape index (κ1) is 11.7. The van der Waals surface area contributed by atoms with Crippen molar-refractivity contribution in [3.8, 4) is 0 Å². The molecule has 0 aromatic carbocycles. The van der Waals surface area contributed by atoms with E-state index in [-0.39, 0.29) is 23.7 Å². The van der Waals surface area contributed by atoms with Crippen LogP contribution >= 0.6 is 12.4 Å². The van der Waals surface area contributed by atoms with Gasteiger partial charge < -0.3 is 10.2 Å². The minimum Gasteiger partial charge on any atom is -0.344 e. The van der Waals surface area contributed by atoms with E-state index in [2.05, 4.69) is 19.2 Å². The molecule has 0 unspecified atom stereocenters. The molecule has 0 spiro atoms. The highest BCUT2D eigenvalue weighted by molar-refractivity contribution is 5.85. The van der Waals surface area contributed by atoms with E-state index in [0.717, 1.165) is 13.1 Å². The second-order valence-corrected chi connectivity index (χ2v) is 4.02. The fourth-order valence-electron chi connectivity index (χ4n) is 1.43. The highest BCUT2D eigenvalue weighted by Gasteiger charge is 2.25. The Morgan fingerprint density at radius 2 is 2.08 bits per heavy atom. The van der Waals surface area contributed by atoms with Gasteiger partial charge in [-0.15, -0.1) is 12.4 Å². The lowest BCUT2D eigenvalue weighted by Crippen LogP contribution is -2.34. The second kappa shape index (κ2) is 4.10. The van der Waals surface area contributed by atoms with Gasteiger partial charge >= 0.3 is 0 Å². The lowest BCUT2D eigenvalue weighted by atomic mass is 9.93. The Balaban J connectivity index is 0.00000121. The molecule has 0 radical (unpaired) electrons. The summed E-state index contributed by atoms with van der Waals surface area (Å²) in [4.78, 5) is 13.0. The van der Waals surface area contributed by atoms with Crippen LogP contribution in [0.3, 0.4) is 0 Å². The van der Waals surface area contributed by atoms with Gasteiger partial charge in [-0.2, -0.15) is 0 Å². The molecule has 1 rings (SSSR count). The standard InChI is InChI=1S/C8H16N2O.ClH/c1-8(2)5-9-4-7(11)10(3)6-8;/h9H,4-6H2,1-3H3;1H. The molecule has 0 aromatic rings. The van der Waals surface area contributed by atoms with Crippen molar-refractivity contribution >= 4 is 18.3 Å². The van der Waals surface area contributed by atoms with Gasteiger partial charge in [0.2, 0.25) is 5.91 Å². The van der Waals surface area contributed by atoms with E-state index in [1.807, 2.05) is 7.05 Å². The number of carbonyl (C=O) groups is 1. The van der Waals surface area contributed by atoms with E-state index in [0.29, 0.717) is 6.54 Å². The van der Waals surface area contributed by atoms with Crippen molar-refractivity contribution in [3.05, 3.63) is 0 Å². The predicted octanol–water partition coefficient (Wildman–Crippen LogP) is 0.496. The third-order valence-corrected chi connectivity index (χ3v) is 1.97. The molecule has 1 N–H and O–H groups in total. The number of nitrogens with one attached hydrogen (secondary N) is 1. The highest BCUT2D eigenvalue weighted by atomic mass is 35.5. The predicted molar refractivity (Wildman–Crippen MR) is 51.5 cm³/mol. The Hall–Kier alpha value is -0.280. The van der Waals surface area contributed by atoms with Crippen LogP contribution in [-0.2, 0) is 4.79 Å². The lowest BCUT2D eigenvalue weighted by molar-refractivity contribution is -0.128. The van der Waals surface area contributed by atoms with Gasteiger partial charge in [0.25, 0.3) is 0 Å². The van der Waals surface area contributed by atoms with Crippen LogP contribution in [0.2, 0.25) is 0 Å². The highest BCUT2D eigenvalue weighted by Crippen LogP contribution is 2.16. The van der Waals surface area contributed by atoms with Gasteiger partial charge in [0, 0.05) is 20.1 Å². The second-order valence-electron chi connectivity index (χ2n) is 4.02. The Bertz CT molecular complexity index is 170. The summed E-state index contributed by atoms with van der Waals surface area (Å²) < 4.78 is 0. The van der Waals surface area contributed by atoms with E-state index in [1.54, 1.807) is 4.90 Å². The number of carbonyl (C=O) groups excluding carboxylic acids is 1. The quantitative estimate of drug-likeness (QED) is 0.606. The van der Waals surface area contributed by atoms with Crippen molar-refractivity contribution in [2.45, 2.75) is 13.8 Å². The first-order valence-corrected chi connectivity index (χ1v) is 3.96. The molecular weight excluding hydrogens is 176 g/mol. The molecule has 0 aromatic heterocycles. The fourth-order valence-corrected chi connectivity index (χ4v) is 1.43. The molecule has 12 heavy (non-hydrogen) atoms. The number of amides is 1. The van der Waals surface area contributed by atoms with Crippen LogP contribution in [0, 0.1) is 5.41 Å². The zero-order chi connectivity index (χ0) is 8.48. The summed E-state index contributed by atoms with van der Waals surface area (Å²) >= 11 is 0. The van der Waals surface area contributed by atoms with Gasteiger partial charge in [-0.1, -0.05) is 13.8 Å². The Kier molecular flexibility index (Phi) is 4.00. The molecule has 1 fully saturated rings. The summed E-state index contributed by atoms with van der Waals surface area (Å²) in [6.07, 6.45) is 0. The van der Waals surface area contributed by atoms with Gasteiger partial charge in [-0.05, 0) is 5.41 Å². The molecule has 4 heteroatoms. The smallest absolute Gasteiger partial charge is 0.236 e. The van der Waals surface area contributed by atoms with Gasteiger partial charge in [0.05, 0.1) is 6.54 Å². The van der Waals surface area contributed by atoms with Crippen LogP contribution in [0.5, 0.6) is 0 Å². The fraction of sp³-hybridized carbons (Fsp3) is 0.875. The van der Waals surface area contributed by atoms with Crippen LogP contribution in [0.4, 0.5) is 0 Å². The average Bonchev–Trinajstić information content (AvgIpc) is 1.93. The van der Waals surface area contributed by atoms with Crippen LogP contribution < -0.4 is 5.32 Å². The zero-order valence-electron chi connectivity index (χ0n) is 7.89. The average molecular weight is 193 g/mol. The summed E-state index contributed by atoms with van der Waals surface area (Å²) in [6.45, 7) is 6.58. The van der Waals surface area contributed by atoms with Crippen molar-refractivity contribution < 1.29 is 4.79 Å². The molecule has 72 valence electrons. The van der Waals surface area contributed by atoms with E-state index in [4.69, 9.17) is 0 Å². The normalized spacial score (nSPS) is 22.9. The number of rotatable bonds is 0. The monoisotopic (exact) mass is 192 g/mol. The molecule has 1 aliphatic rings. The Morgan fingerprint density at radius 3 is 2.67 bits per heavy atom. The molecule has 1 heterocycles. The van der Waals surface area contributed by atoms with Gasteiger partial charge in [0.1, 0.15) is 0 Å². The topological polar surface area (TPSA) is 32.3 Å². The summed E-state index contributed by atoms with van der Waals surface area (Å²) in [5.74, 6) is 0.190. The van der Waals surface area contributed by atoms with Crippen molar-refractivity contribution in [1.82, 2.24) is 10.2 Å². The Morgan fingerprint density at radius 1 is 1.50 bits per heavy atom. The Labute approximate surface area is 79.9 Å². The molecular formula is C8H17ClN2O. The molecule has 0 saturated carbocycles. The first-order valence-electron chi connectivity index (χ1n) is 3.96. The summed E-state index contributed by atoms with van der Waals surface area (Å²) in [6, 6.07) is 0. The summed E-state index contributed by atoms with van der Waals surface area (Å²) in [5, 5.41) is 3.13. The largest absolute Gasteiger partial charge is 0.344 e. The maximum atomic E-state index is 11.2. The molecule has 0 bridgehead atoms. The molecule has 1 aliphatic heterocycles. The first-order chi connectivity index (χ1) is 5.01.